The number of carbonyl (C=O) groups is 7. The second-order valence-corrected chi connectivity index (χ2v) is 13.4. The molecule has 0 aliphatic carbocycles. The molecule has 0 spiro atoms. The van der Waals surface area contributed by atoms with Crippen LogP contribution < -0.4 is 49.1 Å². The van der Waals surface area contributed by atoms with Gasteiger partial charge in [-0.25, -0.2) is 9.78 Å². The summed E-state index contributed by atoms with van der Waals surface area (Å²) in [6.45, 7) is 2.76. The quantitative estimate of drug-likeness (QED) is 0.0267. The Morgan fingerprint density at radius 1 is 0.724 bits per heavy atom. The number of aromatic amines is 1. The Balaban J connectivity index is 2.44. The molecule has 320 valence electrons. The minimum absolute atomic E-state index is 0.0244. The van der Waals surface area contributed by atoms with E-state index in [0.717, 1.165) is 6.92 Å². The largest absolute Gasteiger partial charge is 0.480 e. The summed E-state index contributed by atoms with van der Waals surface area (Å²) < 4.78 is 0. The molecule has 0 radical (unpaired) electrons. The van der Waals surface area contributed by atoms with Crippen molar-refractivity contribution in [1.82, 2.24) is 41.9 Å². The Morgan fingerprint density at radius 2 is 1.24 bits per heavy atom. The van der Waals surface area contributed by atoms with Gasteiger partial charge in [0.2, 0.25) is 35.4 Å². The number of aliphatic hydroxyl groups is 3. The third-order valence-electron chi connectivity index (χ3n) is 8.44. The zero-order valence-electron chi connectivity index (χ0n) is 32.3. The average molecular weight is 819 g/mol. The first-order valence-electron chi connectivity index (χ1n) is 18.2. The summed E-state index contributed by atoms with van der Waals surface area (Å²) in [5.74, 6) is -7.45. The lowest BCUT2D eigenvalue weighted by molar-refractivity contribution is -0.145. The highest BCUT2D eigenvalue weighted by atomic mass is 16.4. The smallest absolute Gasteiger partial charge is 0.328 e. The number of nitrogens with two attached hydrogens (primary N) is 3. The zero-order valence-corrected chi connectivity index (χ0v) is 32.3. The molecule has 1 aromatic heterocycles. The van der Waals surface area contributed by atoms with Crippen LogP contribution in [-0.4, -0.2) is 145 Å². The van der Waals surface area contributed by atoms with E-state index < -0.39 is 103 Å². The summed E-state index contributed by atoms with van der Waals surface area (Å²) in [5.41, 5.74) is 17.4. The number of benzene rings is 1. The van der Waals surface area contributed by atoms with Gasteiger partial charge < -0.3 is 74.5 Å². The molecule has 6 amide bonds. The van der Waals surface area contributed by atoms with Crippen molar-refractivity contribution in [3.63, 3.8) is 0 Å². The van der Waals surface area contributed by atoms with Crippen LogP contribution in [0.1, 0.15) is 44.9 Å². The topological polar surface area (TPSA) is 392 Å². The Bertz CT molecular complexity index is 1700. The first-order valence-corrected chi connectivity index (χ1v) is 18.2. The number of carbonyl (C=O) groups excluding carboxylic acids is 6. The molecule has 2 aromatic rings. The number of nitrogens with one attached hydrogen (secondary N) is 7. The van der Waals surface area contributed by atoms with Crippen LogP contribution >= 0.6 is 0 Å². The van der Waals surface area contributed by atoms with Crippen LogP contribution in [0.15, 0.2) is 47.8 Å². The lowest BCUT2D eigenvalue weighted by Gasteiger charge is -2.28. The van der Waals surface area contributed by atoms with Gasteiger partial charge in [0.25, 0.3) is 0 Å². The van der Waals surface area contributed by atoms with Crippen molar-refractivity contribution < 1.29 is 54.0 Å². The van der Waals surface area contributed by atoms with Crippen molar-refractivity contribution in [3.8, 4) is 0 Å². The Morgan fingerprint density at radius 3 is 1.76 bits per heavy atom. The van der Waals surface area contributed by atoms with Crippen LogP contribution in [0, 0.1) is 0 Å². The molecule has 0 saturated carbocycles. The number of hydrogen-bond acceptors (Lipinski definition) is 13. The van der Waals surface area contributed by atoms with Crippen molar-refractivity contribution in [2.24, 2.45) is 22.2 Å². The number of amides is 6. The molecule has 23 nitrogen and oxygen atoms in total. The molecule has 58 heavy (non-hydrogen) atoms. The number of aliphatic carboxylic acids is 1. The summed E-state index contributed by atoms with van der Waals surface area (Å²) in [7, 11) is 0. The molecule has 0 saturated heterocycles. The second kappa shape index (κ2) is 23.8. The van der Waals surface area contributed by atoms with E-state index in [1.165, 1.54) is 26.4 Å². The van der Waals surface area contributed by atoms with Gasteiger partial charge in [-0.2, -0.15) is 0 Å². The molecule has 1 aromatic carbocycles. The molecule has 17 N–H and O–H groups in total. The summed E-state index contributed by atoms with van der Waals surface area (Å²) in [5, 5.41) is 53.6. The van der Waals surface area contributed by atoms with Crippen LogP contribution in [0.25, 0.3) is 0 Å². The van der Waals surface area contributed by atoms with Crippen molar-refractivity contribution >= 4 is 47.4 Å². The van der Waals surface area contributed by atoms with Gasteiger partial charge in [-0.1, -0.05) is 30.3 Å². The maximum absolute atomic E-state index is 14.0. The van der Waals surface area contributed by atoms with Gasteiger partial charge in [0.05, 0.1) is 31.2 Å². The van der Waals surface area contributed by atoms with Crippen molar-refractivity contribution in [2.75, 3.05) is 13.2 Å². The minimum Gasteiger partial charge on any atom is -0.480 e. The average Bonchev–Trinajstić information content (AvgIpc) is 3.68. The molecule has 0 unspecified atom stereocenters. The van der Waals surface area contributed by atoms with Crippen molar-refractivity contribution in [3.05, 3.63) is 54.1 Å². The summed E-state index contributed by atoms with van der Waals surface area (Å²) in [6.07, 6.45) is -0.650. The van der Waals surface area contributed by atoms with Gasteiger partial charge in [0.15, 0.2) is 12.0 Å². The van der Waals surface area contributed by atoms with Gasteiger partial charge in [-0.05, 0) is 39.2 Å². The van der Waals surface area contributed by atoms with E-state index in [1.54, 1.807) is 30.3 Å². The molecular weight excluding hydrogens is 764 g/mol. The van der Waals surface area contributed by atoms with Gasteiger partial charge >= 0.3 is 5.97 Å². The highest BCUT2D eigenvalue weighted by Gasteiger charge is 2.35. The Kier molecular flexibility index (Phi) is 19.7. The number of aliphatic hydroxyl groups excluding tert-OH is 3. The van der Waals surface area contributed by atoms with E-state index >= 15 is 0 Å². The van der Waals surface area contributed by atoms with E-state index in [-0.39, 0.29) is 38.2 Å². The number of hydrogen-bond donors (Lipinski definition) is 14. The van der Waals surface area contributed by atoms with Crippen molar-refractivity contribution in [2.45, 2.75) is 101 Å². The van der Waals surface area contributed by atoms with Crippen LogP contribution in [0.3, 0.4) is 0 Å². The number of aliphatic imine (C=N–C) groups is 1. The van der Waals surface area contributed by atoms with Crippen molar-refractivity contribution in [1.29, 1.82) is 0 Å². The number of nitrogens with zero attached hydrogens (tertiary/aromatic N) is 2. The summed E-state index contributed by atoms with van der Waals surface area (Å²) in [6, 6.07) is -1.87. The molecule has 0 aliphatic rings. The fourth-order valence-corrected chi connectivity index (χ4v) is 5.26. The number of carboxylic acid groups (broad SMARTS) is 1. The number of carboxylic acids is 1. The molecule has 2 rings (SSSR count). The van der Waals surface area contributed by atoms with Crippen LogP contribution in [0.2, 0.25) is 0 Å². The molecule has 1 heterocycles. The SMILES string of the molecule is C[C@H](N)C(=O)N[C@H](C(=O)N[C@@H](Cc1ccccc1)C(=O)N[C@@H](CCCN=C(N)N)C(=O)N[C@@H](Cc1cnc[nH]1)C(=O)N[C@@H](CO)C(=O)N[C@H](C(=O)O)[C@@H](C)O)[C@@H](C)O. The minimum atomic E-state index is -1.77. The van der Waals surface area contributed by atoms with Crippen LogP contribution in [-0.2, 0) is 46.4 Å². The van der Waals surface area contributed by atoms with E-state index in [0.29, 0.717) is 11.3 Å². The highest BCUT2D eigenvalue weighted by molar-refractivity contribution is 5.97. The van der Waals surface area contributed by atoms with E-state index in [4.69, 9.17) is 17.2 Å². The highest BCUT2D eigenvalue weighted by Crippen LogP contribution is 2.09. The number of rotatable bonds is 24. The number of imidazole rings is 1. The van der Waals surface area contributed by atoms with Crippen LogP contribution in [0.4, 0.5) is 0 Å². The normalized spacial score (nSPS) is 15.6. The molecular formula is C35H54N12O11. The monoisotopic (exact) mass is 818 g/mol. The molecule has 9 atom stereocenters. The molecule has 0 fully saturated rings. The first-order chi connectivity index (χ1) is 27.3. The Hall–Kier alpha value is -6.17. The number of H-pyrrole nitrogens is 1. The maximum atomic E-state index is 14.0. The lowest BCUT2D eigenvalue weighted by atomic mass is 10.0. The molecule has 0 bridgehead atoms. The first kappa shape index (κ1) is 48.0. The molecule has 23 heteroatoms. The third kappa shape index (κ3) is 16.1. The standard InChI is InChI=1S/C35H54N12O11/c1-17(36)28(51)46-26(18(2)49)33(56)44-23(12-20-8-5-4-6-9-20)30(53)42-22(10-7-11-40-35(37)38)29(52)43-24(13-21-14-39-16-41-21)31(54)45-25(15-48)32(55)47-27(19(3)50)34(57)58/h4-6,8-9,14,16-19,22-27,48-50H,7,10-13,15,36H2,1-3H3,(H,39,41)(H,42,53)(H,43,52)(H,44,56)(H,45,54)(H,46,51)(H,47,55)(H,57,58)(H4,37,38,40)/t17-,18+,19+,22-,23-,24-,25-,26-,27-/m0/s1. The third-order valence-corrected chi connectivity index (χ3v) is 8.44. The van der Waals surface area contributed by atoms with Gasteiger partial charge in [-0.3, -0.25) is 33.8 Å². The van der Waals surface area contributed by atoms with E-state index in [9.17, 15) is 54.0 Å². The fourth-order valence-electron chi connectivity index (χ4n) is 5.26. The van der Waals surface area contributed by atoms with Gasteiger partial charge in [-0.15, -0.1) is 0 Å². The van der Waals surface area contributed by atoms with Gasteiger partial charge in [0.1, 0.15) is 30.2 Å². The predicted octanol–water partition coefficient (Wildman–Crippen LogP) is -5.66. The van der Waals surface area contributed by atoms with E-state index in [1.807, 2.05) is 5.32 Å². The number of guanidine groups is 1. The predicted molar refractivity (Wildman–Crippen MR) is 206 cm³/mol. The van der Waals surface area contributed by atoms with E-state index in [2.05, 4.69) is 41.5 Å². The fraction of sp³-hybridized carbons (Fsp3) is 0.514. The maximum Gasteiger partial charge on any atom is 0.328 e. The van der Waals surface area contributed by atoms with Crippen LogP contribution in [0.5, 0.6) is 0 Å². The number of aromatic nitrogens is 2. The zero-order chi connectivity index (χ0) is 43.5. The second-order valence-electron chi connectivity index (χ2n) is 13.4. The van der Waals surface area contributed by atoms with Gasteiger partial charge in [0, 0.05) is 31.3 Å². The summed E-state index contributed by atoms with van der Waals surface area (Å²) in [4.78, 5) is 102. The lowest BCUT2D eigenvalue weighted by Crippen LogP contribution is -2.61. The Labute approximate surface area is 333 Å². The summed E-state index contributed by atoms with van der Waals surface area (Å²) >= 11 is 0. The molecule has 0 aliphatic heterocycles.